The van der Waals surface area contributed by atoms with E-state index in [1.54, 1.807) is 6.20 Å². The van der Waals surface area contributed by atoms with E-state index in [9.17, 15) is 4.79 Å². The molecule has 26 heavy (non-hydrogen) atoms. The zero-order valence-corrected chi connectivity index (χ0v) is 16.0. The molecule has 4 rings (SSSR count). The number of nitrogens with zero attached hydrogens (tertiary/aromatic N) is 3. The smallest absolute Gasteiger partial charge is 0.225 e. The molecule has 1 aliphatic carbocycles. The third kappa shape index (κ3) is 3.35. The Morgan fingerprint density at radius 2 is 1.85 bits per heavy atom. The molecule has 1 aromatic carbocycles. The van der Waals surface area contributed by atoms with Gasteiger partial charge in [-0.05, 0) is 42.2 Å². The molecule has 1 aliphatic heterocycles. The van der Waals surface area contributed by atoms with Gasteiger partial charge in [0.25, 0.3) is 0 Å². The van der Waals surface area contributed by atoms with Crippen molar-refractivity contribution in [2.75, 3.05) is 18.0 Å². The Morgan fingerprint density at radius 3 is 2.58 bits per heavy atom. The fourth-order valence-corrected chi connectivity index (χ4v) is 4.73. The first-order chi connectivity index (χ1) is 12.5. The first-order valence-electron chi connectivity index (χ1n) is 9.39. The molecule has 2 aromatic rings. The van der Waals surface area contributed by atoms with Crippen molar-refractivity contribution in [2.45, 2.75) is 39.0 Å². The van der Waals surface area contributed by atoms with Crippen LogP contribution < -0.4 is 4.90 Å². The van der Waals surface area contributed by atoms with Gasteiger partial charge in [-0.1, -0.05) is 43.6 Å². The van der Waals surface area contributed by atoms with Gasteiger partial charge >= 0.3 is 0 Å². The molecule has 3 atom stereocenters. The number of halogens is 1. The normalized spacial score (nSPS) is 25.9. The maximum Gasteiger partial charge on any atom is 0.225 e. The molecule has 4 nitrogen and oxygen atoms in total. The zero-order valence-electron chi connectivity index (χ0n) is 15.3. The van der Waals surface area contributed by atoms with E-state index in [4.69, 9.17) is 16.6 Å². The van der Waals surface area contributed by atoms with Crippen molar-refractivity contribution in [1.82, 2.24) is 9.97 Å². The number of piperidine rings is 1. The van der Waals surface area contributed by atoms with Crippen molar-refractivity contribution in [3.8, 4) is 0 Å². The molecule has 5 heteroatoms. The molecule has 0 N–H and O–H groups in total. The molecule has 0 bridgehead atoms. The highest BCUT2D eigenvalue weighted by Gasteiger charge is 2.30. The van der Waals surface area contributed by atoms with E-state index in [0.717, 1.165) is 41.7 Å². The molecule has 136 valence electrons. The first kappa shape index (κ1) is 17.5. The summed E-state index contributed by atoms with van der Waals surface area (Å²) in [6.07, 6.45) is 4.18. The summed E-state index contributed by atoms with van der Waals surface area (Å²) in [4.78, 5) is 24.2. The van der Waals surface area contributed by atoms with E-state index in [-0.39, 0.29) is 11.7 Å². The highest BCUT2D eigenvalue weighted by atomic mass is 35.5. The minimum absolute atomic E-state index is 0.0886. The maximum absolute atomic E-state index is 12.6. The fraction of sp³-hybridized carbons (Fsp3) is 0.476. The quantitative estimate of drug-likeness (QED) is 0.780. The largest absolute Gasteiger partial charge is 0.340 e. The molecule has 1 fully saturated rings. The molecule has 0 saturated carbocycles. The zero-order chi connectivity index (χ0) is 18.3. The Balaban J connectivity index is 1.64. The van der Waals surface area contributed by atoms with Crippen molar-refractivity contribution >= 4 is 23.3 Å². The van der Waals surface area contributed by atoms with Gasteiger partial charge in [0.05, 0.1) is 11.3 Å². The lowest BCUT2D eigenvalue weighted by molar-refractivity contribution is 0.0962. The van der Waals surface area contributed by atoms with Gasteiger partial charge in [-0.25, -0.2) is 9.97 Å². The average Bonchev–Trinajstić information content (AvgIpc) is 2.60. The van der Waals surface area contributed by atoms with Crippen LogP contribution in [0.2, 0.25) is 5.02 Å². The van der Waals surface area contributed by atoms with E-state index in [1.165, 1.54) is 6.42 Å². The second-order valence-electron chi connectivity index (χ2n) is 7.93. The average molecular weight is 370 g/mol. The van der Waals surface area contributed by atoms with E-state index in [2.05, 4.69) is 23.7 Å². The molecule has 2 heterocycles. The molecule has 0 spiro atoms. The Bertz CT molecular complexity index is 828. The number of Topliss-reactive ketones (excluding diaryl/α,β-unsaturated/α-hetero) is 1. The molecular formula is C21H24ClN3O. The number of benzene rings is 1. The summed E-state index contributed by atoms with van der Waals surface area (Å²) < 4.78 is 0. The summed E-state index contributed by atoms with van der Waals surface area (Å²) in [6.45, 7) is 6.51. The predicted molar refractivity (Wildman–Crippen MR) is 104 cm³/mol. The fourth-order valence-electron chi connectivity index (χ4n) is 4.44. The van der Waals surface area contributed by atoms with Crippen LogP contribution in [-0.4, -0.2) is 28.8 Å². The minimum Gasteiger partial charge on any atom is -0.340 e. The number of hydrogen-bond acceptors (Lipinski definition) is 4. The number of carbonyl (C=O) groups excluding carboxylic acids is 1. The lowest BCUT2D eigenvalue weighted by atomic mass is 9.82. The van der Waals surface area contributed by atoms with Crippen molar-refractivity contribution in [1.29, 1.82) is 0 Å². The molecule has 0 radical (unpaired) electrons. The molecule has 0 unspecified atom stereocenters. The van der Waals surface area contributed by atoms with Crippen molar-refractivity contribution in [2.24, 2.45) is 11.8 Å². The molecular weight excluding hydrogens is 346 g/mol. The van der Waals surface area contributed by atoms with Crippen molar-refractivity contribution in [3.63, 3.8) is 0 Å². The van der Waals surface area contributed by atoms with Crippen LogP contribution in [0.1, 0.15) is 54.2 Å². The first-order valence-corrected chi connectivity index (χ1v) is 9.77. The van der Waals surface area contributed by atoms with Crippen LogP contribution in [0.25, 0.3) is 0 Å². The van der Waals surface area contributed by atoms with Crippen LogP contribution in [0.5, 0.6) is 0 Å². The number of rotatable bonds is 2. The Labute approximate surface area is 159 Å². The lowest BCUT2D eigenvalue weighted by Crippen LogP contribution is -2.40. The lowest BCUT2D eigenvalue weighted by Gasteiger charge is -2.35. The Hall–Kier alpha value is -1.94. The predicted octanol–water partition coefficient (Wildman–Crippen LogP) is 4.53. The minimum atomic E-state index is 0.0886. The van der Waals surface area contributed by atoms with Gasteiger partial charge in [-0.3, -0.25) is 4.79 Å². The highest BCUT2D eigenvalue weighted by molar-refractivity contribution is 6.31. The van der Waals surface area contributed by atoms with Gasteiger partial charge in [0.2, 0.25) is 5.95 Å². The van der Waals surface area contributed by atoms with Gasteiger partial charge < -0.3 is 4.90 Å². The molecule has 1 saturated heterocycles. The van der Waals surface area contributed by atoms with Crippen molar-refractivity contribution < 1.29 is 4.79 Å². The van der Waals surface area contributed by atoms with E-state index in [1.807, 2.05) is 24.3 Å². The van der Waals surface area contributed by atoms with E-state index < -0.39 is 0 Å². The summed E-state index contributed by atoms with van der Waals surface area (Å²) in [7, 11) is 0. The van der Waals surface area contributed by atoms with Crippen LogP contribution in [-0.2, 0) is 6.42 Å². The van der Waals surface area contributed by atoms with Gasteiger partial charge in [-0.15, -0.1) is 0 Å². The van der Waals surface area contributed by atoms with Gasteiger partial charge in [0.15, 0.2) is 5.78 Å². The number of ketones is 1. The monoisotopic (exact) mass is 369 g/mol. The van der Waals surface area contributed by atoms with Crippen LogP contribution in [0.15, 0.2) is 30.5 Å². The summed E-state index contributed by atoms with van der Waals surface area (Å²) in [5.41, 5.74) is 2.57. The third-order valence-corrected chi connectivity index (χ3v) is 5.87. The summed E-state index contributed by atoms with van der Waals surface area (Å²) in [6, 6.07) is 7.80. The number of fused-ring (bicyclic) bond motifs is 1. The Kier molecular flexibility index (Phi) is 4.70. The highest BCUT2D eigenvalue weighted by Crippen LogP contribution is 2.35. The summed E-state index contributed by atoms with van der Waals surface area (Å²) in [5, 5.41) is 0.724. The summed E-state index contributed by atoms with van der Waals surface area (Å²) in [5.74, 6) is 2.23. The Morgan fingerprint density at radius 1 is 1.12 bits per heavy atom. The van der Waals surface area contributed by atoms with Crippen LogP contribution >= 0.6 is 11.6 Å². The standard InChI is InChI=1S/C21H24ClN3O/c1-13-7-14(2)12-25(11-13)21-23-10-17-19(24-21)8-15(9-20(17)26)16-5-3-4-6-18(16)22/h3-6,10,13-15H,7-9,11-12H2,1-2H3/t13-,14-,15-/m0/s1. The summed E-state index contributed by atoms with van der Waals surface area (Å²) >= 11 is 6.37. The van der Waals surface area contributed by atoms with Gasteiger partial charge in [0.1, 0.15) is 0 Å². The van der Waals surface area contributed by atoms with Crippen molar-refractivity contribution in [3.05, 3.63) is 52.3 Å². The van der Waals surface area contributed by atoms with E-state index in [0.29, 0.717) is 23.8 Å². The van der Waals surface area contributed by atoms with Crippen LogP contribution in [0.4, 0.5) is 5.95 Å². The topological polar surface area (TPSA) is 46.1 Å². The number of carbonyl (C=O) groups is 1. The van der Waals surface area contributed by atoms with Crippen LogP contribution in [0.3, 0.4) is 0 Å². The molecule has 2 aliphatic rings. The second-order valence-corrected chi connectivity index (χ2v) is 8.34. The number of hydrogen-bond donors (Lipinski definition) is 0. The third-order valence-electron chi connectivity index (χ3n) is 5.52. The number of anilines is 1. The van der Waals surface area contributed by atoms with Crippen LogP contribution in [0, 0.1) is 11.8 Å². The molecule has 1 aromatic heterocycles. The number of aromatic nitrogens is 2. The SMILES string of the molecule is C[C@H]1C[C@H](C)CN(c2ncc3c(n2)C[C@H](c2ccccc2Cl)CC3=O)C1. The van der Waals surface area contributed by atoms with Gasteiger partial charge in [0, 0.05) is 30.7 Å². The second kappa shape index (κ2) is 6.99. The van der Waals surface area contributed by atoms with Gasteiger partial charge in [-0.2, -0.15) is 0 Å². The molecule has 0 amide bonds. The maximum atomic E-state index is 12.6. The van der Waals surface area contributed by atoms with E-state index >= 15 is 0 Å².